The lowest BCUT2D eigenvalue weighted by Gasteiger charge is -2.23. The van der Waals surface area contributed by atoms with Gasteiger partial charge in [-0.25, -0.2) is 23.7 Å². The molecule has 0 aliphatic carbocycles. The van der Waals surface area contributed by atoms with Crippen LogP contribution in [-0.2, 0) is 22.4 Å². The van der Waals surface area contributed by atoms with Gasteiger partial charge < -0.3 is 10.1 Å². The number of ether oxygens (including phenoxy) is 1. The summed E-state index contributed by atoms with van der Waals surface area (Å²) in [6, 6.07) is 4.08. The maximum atomic E-state index is 14.8. The summed E-state index contributed by atoms with van der Waals surface area (Å²) in [6.45, 7) is 4.57. The Hall–Kier alpha value is -2.64. The maximum Gasteiger partial charge on any atom is 0.306 e. The van der Waals surface area contributed by atoms with Crippen LogP contribution in [0.5, 0.6) is 0 Å². The van der Waals surface area contributed by atoms with Crippen LogP contribution in [0.25, 0.3) is 0 Å². The van der Waals surface area contributed by atoms with E-state index >= 15 is 0 Å². The highest BCUT2D eigenvalue weighted by molar-refractivity contribution is 5.70. The molecule has 0 bridgehead atoms. The SMILES string of the molecule is CCOC(=O)CC(CC(F)(F)CCCCc1ccc2c(n1)NCCC2)c1cnc(C)nc1. The van der Waals surface area contributed by atoms with Gasteiger partial charge in [0.1, 0.15) is 11.6 Å². The second-order valence-corrected chi connectivity index (χ2v) is 8.38. The maximum absolute atomic E-state index is 14.8. The summed E-state index contributed by atoms with van der Waals surface area (Å²) < 4.78 is 34.6. The molecule has 1 N–H and O–H groups in total. The van der Waals surface area contributed by atoms with E-state index in [1.54, 1.807) is 13.8 Å². The van der Waals surface area contributed by atoms with Crippen LogP contribution in [-0.4, -0.2) is 40.0 Å². The number of esters is 1. The van der Waals surface area contributed by atoms with Gasteiger partial charge in [0.25, 0.3) is 0 Å². The van der Waals surface area contributed by atoms with E-state index in [-0.39, 0.29) is 19.4 Å². The van der Waals surface area contributed by atoms with Gasteiger partial charge in [0.2, 0.25) is 5.92 Å². The molecule has 0 saturated carbocycles. The van der Waals surface area contributed by atoms with Crippen molar-refractivity contribution in [2.45, 2.75) is 77.1 Å². The molecule has 1 unspecified atom stereocenters. The molecule has 0 fully saturated rings. The van der Waals surface area contributed by atoms with E-state index in [9.17, 15) is 13.6 Å². The number of nitrogens with zero attached hydrogens (tertiary/aromatic N) is 3. The largest absolute Gasteiger partial charge is 0.466 e. The molecule has 2 aromatic rings. The number of nitrogens with one attached hydrogen (secondary N) is 1. The van der Waals surface area contributed by atoms with E-state index in [2.05, 4.69) is 26.3 Å². The molecule has 174 valence electrons. The van der Waals surface area contributed by atoms with Crippen LogP contribution < -0.4 is 5.32 Å². The molecule has 8 heteroatoms. The fraction of sp³-hybridized carbons (Fsp3) is 0.583. The van der Waals surface area contributed by atoms with Gasteiger partial charge in [0.15, 0.2) is 0 Å². The van der Waals surface area contributed by atoms with Crippen molar-refractivity contribution in [3.63, 3.8) is 0 Å². The van der Waals surface area contributed by atoms with Crippen LogP contribution in [0, 0.1) is 6.92 Å². The van der Waals surface area contributed by atoms with Crippen molar-refractivity contribution in [3.05, 3.63) is 47.2 Å². The first kappa shape index (κ1) is 24.0. The van der Waals surface area contributed by atoms with Crippen LogP contribution >= 0.6 is 0 Å². The Balaban J connectivity index is 1.53. The topological polar surface area (TPSA) is 77.0 Å². The number of hydrogen-bond donors (Lipinski definition) is 1. The zero-order chi connectivity index (χ0) is 23.0. The van der Waals surface area contributed by atoms with Crippen LogP contribution in [0.15, 0.2) is 24.5 Å². The molecule has 1 aliphatic rings. The van der Waals surface area contributed by atoms with Gasteiger partial charge in [-0.15, -0.1) is 0 Å². The highest BCUT2D eigenvalue weighted by Crippen LogP contribution is 2.36. The molecular weight excluding hydrogens is 414 g/mol. The number of aromatic nitrogens is 3. The van der Waals surface area contributed by atoms with Crippen molar-refractivity contribution >= 4 is 11.8 Å². The van der Waals surface area contributed by atoms with Crippen LogP contribution in [0.4, 0.5) is 14.6 Å². The van der Waals surface area contributed by atoms with Crippen molar-refractivity contribution in [1.82, 2.24) is 15.0 Å². The van der Waals surface area contributed by atoms with Gasteiger partial charge in [0.05, 0.1) is 13.0 Å². The average Bonchev–Trinajstić information content (AvgIpc) is 2.77. The number of fused-ring (bicyclic) bond motifs is 1. The number of rotatable bonds is 11. The molecule has 1 aliphatic heterocycles. The third-order valence-corrected chi connectivity index (χ3v) is 5.71. The summed E-state index contributed by atoms with van der Waals surface area (Å²) in [6.07, 6.45) is 6.10. The standard InChI is InChI=1S/C24H32F2N4O2/c1-3-32-22(31)13-19(20-15-28-17(2)29-16-20)14-24(25,26)11-5-4-8-21-10-9-18-7-6-12-27-23(18)30-21/h9-10,15-16,19H,3-8,11-14H2,1-2H3,(H,27,30). The first-order chi connectivity index (χ1) is 15.4. The van der Waals surface area contributed by atoms with E-state index in [4.69, 9.17) is 4.74 Å². The molecule has 2 aromatic heterocycles. The lowest BCUT2D eigenvalue weighted by atomic mass is 9.89. The Labute approximate surface area is 188 Å². The molecule has 0 radical (unpaired) electrons. The van der Waals surface area contributed by atoms with Gasteiger partial charge in [0, 0.05) is 43.4 Å². The van der Waals surface area contributed by atoms with Gasteiger partial charge in [-0.3, -0.25) is 4.79 Å². The van der Waals surface area contributed by atoms with E-state index in [0.29, 0.717) is 30.7 Å². The van der Waals surface area contributed by atoms with Gasteiger partial charge in [-0.2, -0.15) is 0 Å². The zero-order valence-electron chi connectivity index (χ0n) is 18.9. The number of alkyl halides is 2. The van der Waals surface area contributed by atoms with E-state index in [1.165, 1.54) is 18.0 Å². The number of unbranched alkanes of at least 4 members (excludes halogenated alkanes) is 1. The number of pyridine rings is 1. The van der Waals surface area contributed by atoms with Gasteiger partial charge >= 0.3 is 5.97 Å². The van der Waals surface area contributed by atoms with Crippen LogP contribution in [0.3, 0.4) is 0 Å². The molecule has 3 rings (SSSR count). The lowest BCUT2D eigenvalue weighted by Crippen LogP contribution is -2.23. The van der Waals surface area contributed by atoms with Crippen molar-refractivity contribution < 1.29 is 18.3 Å². The monoisotopic (exact) mass is 446 g/mol. The van der Waals surface area contributed by atoms with E-state index < -0.39 is 24.2 Å². The summed E-state index contributed by atoms with van der Waals surface area (Å²) in [7, 11) is 0. The number of aryl methyl sites for hydroxylation is 3. The molecule has 1 atom stereocenters. The van der Waals surface area contributed by atoms with E-state index in [0.717, 1.165) is 30.9 Å². The Morgan fingerprint density at radius 2 is 2.03 bits per heavy atom. The summed E-state index contributed by atoms with van der Waals surface area (Å²) in [5, 5.41) is 3.30. The fourth-order valence-electron chi connectivity index (χ4n) is 4.00. The molecule has 3 heterocycles. The third-order valence-electron chi connectivity index (χ3n) is 5.71. The molecule has 6 nitrogen and oxygen atoms in total. The summed E-state index contributed by atoms with van der Waals surface area (Å²) in [5.74, 6) is -2.58. The summed E-state index contributed by atoms with van der Waals surface area (Å²) in [4.78, 5) is 24.8. The van der Waals surface area contributed by atoms with Crippen molar-refractivity contribution in [2.75, 3.05) is 18.5 Å². The van der Waals surface area contributed by atoms with Gasteiger partial charge in [-0.05, 0) is 63.1 Å². The first-order valence-corrected chi connectivity index (χ1v) is 11.4. The fourth-order valence-corrected chi connectivity index (χ4v) is 4.00. The Morgan fingerprint density at radius 3 is 2.78 bits per heavy atom. The second kappa shape index (κ2) is 11.3. The summed E-state index contributed by atoms with van der Waals surface area (Å²) >= 11 is 0. The van der Waals surface area contributed by atoms with Crippen LogP contribution in [0.2, 0.25) is 0 Å². The Kier molecular flexibility index (Phi) is 8.47. The van der Waals surface area contributed by atoms with Crippen molar-refractivity contribution in [1.29, 1.82) is 0 Å². The smallest absolute Gasteiger partial charge is 0.306 e. The molecule has 0 spiro atoms. The average molecular weight is 447 g/mol. The van der Waals surface area contributed by atoms with Crippen molar-refractivity contribution in [2.24, 2.45) is 0 Å². The normalized spacial score (nSPS) is 14.4. The number of anilines is 1. The molecular formula is C24H32F2N4O2. The van der Waals surface area contributed by atoms with E-state index in [1.807, 2.05) is 6.07 Å². The third kappa shape index (κ3) is 7.21. The number of carbonyl (C=O) groups is 1. The van der Waals surface area contributed by atoms with Crippen molar-refractivity contribution in [3.8, 4) is 0 Å². The highest BCUT2D eigenvalue weighted by Gasteiger charge is 2.34. The predicted octanol–water partition coefficient (Wildman–Crippen LogP) is 5.01. The molecule has 0 amide bonds. The molecule has 32 heavy (non-hydrogen) atoms. The minimum atomic E-state index is -2.90. The van der Waals surface area contributed by atoms with Crippen LogP contribution in [0.1, 0.15) is 74.0 Å². The number of hydrogen-bond acceptors (Lipinski definition) is 6. The zero-order valence-corrected chi connectivity index (χ0v) is 18.9. The lowest BCUT2D eigenvalue weighted by molar-refractivity contribution is -0.144. The van der Waals surface area contributed by atoms with Gasteiger partial charge in [-0.1, -0.05) is 6.07 Å². The summed E-state index contributed by atoms with van der Waals surface area (Å²) in [5.41, 5.74) is 2.69. The molecule has 0 saturated heterocycles. The quantitative estimate of drug-likeness (QED) is 0.386. The molecule has 0 aromatic carbocycles. The predicted molar refractivity (Wildman–Crippen MR) is 119 cm³/mol. The minimum absolute atomic E-state index is 0.109. The second-order valence-electron chi connectivity index (χ2n) is 8.38. The Bertz CT molecular complexity index is 890. The Morgan fingerprint density at radius 1 is 1.25 bits per heavy atom. The minimum Gasteiger partial charge on any atom is -0.466 e. The number of carbonyl (C=O) groups excluding carboxylic acids is 1. The first-order valence-electron chi connectivity index (χ1n) is 11.4. The number of halogens is 2. The highest BCUT2D eigenvalue weighted by atomic mass is 19.3.